The molecule has 2 aromatic rings. The van der Waals surface area contributed by atoms with Gasteiger partial charge in [0, 0.05) is 12.2 Å². The van der Waals surface area contributed by atoms with E-state index in [0.717, 1.165) is 11.3 Å². The van der Waals surface area contributed by atoms with Crippen molar-refractivity contribution in [3.63, 3.8) is 0 Å². The summed E-state index contributed by atoms with van der Waals surface area (Å²) in [6.45, 7) is 4.48. The first kappa shape index (κ1) is 13.0. The van der Waals surface area contributed by atoms with Gasteiger partial charge in [0.15, 0.2) is 5.69 Å². The number of aromatic nitrogens is 2. The molecule has 0 spiro atoms. The first-order chi connectivity index (χ1) is 9.11. The van der Waals surface area contributed by atoms with Gasteiger partial charge in [-0.1, -0.05) is 12.1 Å². The molecule has 2 rings (SSSR count). The van der Waals surface area contributed by atoms with E-state index in [2.05, 4.69) is 10.2 Å². The van der Waals surface area contributed by atoms with E-state index in [1.165, 1.54) is 0 Å². The number of nitrogen functional groups attached to an aromatic ring is 1. The van der Waals surface area contributed by atoms with Gasteiger partial charge in [-0.05, 0) is 43.7 Å². The minimum Gasteiger partial charge on any atom is -0.382 e. The molecule has 0 radical (unpaired) electrons. The molecule has 0 bridgehead atoms. The zero-order valence-corrected chi connectivity index (χ0v) is 11.0. The van der Waals surface area contributed by atoms with Gasteiger partial charge in [0.1, 0.15) is 5.82 Å². The third kappa shape index (κ3) is 2.88. The Morgan fingerprint density at radius 1 is 1.26 bits per heavy atom. The van der Waals surface area contributed by atoms with Crippen molar-refractivity contribution >= 4 is 17.4 Å². The molecule has 1 amide bonds. The lowest BCUT2D eigenvalue weighted by Gasteiger charge is -2.20. The van der Waals surface area contributed by atoms with Crippen molar-refractivity contribution in [1.82, 2.24) is 10.2 Å². The van der Waals surface area contributed by atoms with Crippen LogP contribution in [0.5, 0.6) is 0 Å². The maximum absolute atomic E-state index is 12.4. The van der Waals surface area contributed by atoms with Crippen molar-refractivity contribution in [3.05, 3.63) is 47.7 Å². The highest BCUT2D eigenvalue weighted by Gasteiger charge is 2.17. The van der Waals surface area contributed by atoms with E-state index in [1.807, 2.05) is 38.1 Å². The third-order valence-electron chi connectivity index (χ3n) is 2.78. The fourth-order valence-corrected chi connectivity index (χ4v) is 1.83. The molecule has 19 heavy (non-hydrogen) atoms. The van der Waals surface area contributed by atoms with Crippen molar-refractivity contribution in [2.24, 2.45) is 0 Å². The maximum Gasteiger partial charge on any atom is 0.278 e. The van der Waals surface area contributed by atoms with Crippen LogP contribution in [0.2, 0.25) is 0 Å². The fourth-order valence-electron chi connectivity index (χ4n) is 1.83. The SMILES string of the molecule is CCN(C(=O)c1ccc(N)nn1)c1cccc(C)c1. The number of carbonyl (C=O) groups excluding carboxylic acids is 1. The van der Waals surface area contributed by atoms with Crippen molar-refractivity contribution in [1.29, 1.82) is 0 Å². The van der Waals surface area contributed by atoms with Crippen LogP contribution >= 0.6 is 0 Å². The Hall–Kier alpha value is -2.43. The molecule has 0 aliphatic heterocycles. The zero-order chi connectivity index (χ0) is 13.8. The van der Waals surface area contributed by atoms with Crippen molar-refractivity contribution in [2.45, 2.75) is 13.8 Å². The van der Waals surface area contributed by atoms with Crippen LogP contribution < -0.4 is 10.6 Å². The number of hydrogen-bond acceptors (Lipinski definition) is 4. The predicted octanol–water partition coefficient (Wildman–Crippen LogP) is 2.03. The maximum atomic E-state index is 12.4. The Morgan fingerprint density at radius 3 is 2.63 bits per heavy atom. The normalized spacial score (nSPS) is 10.2. The molecule has 0 aliphatic carbocycles. The second kappa shape index (κ2) is 5.48. The molecular weight excluding hydrogens is 240 g/mol. The van der Waals surface area contributed by atoms with Gasteiger partial charge < -0.3 is 10.6 Å². The van der Waals surface area contributed by atoms with Crippen molar-refractivity contribution < 1.29 is 4.79 Å². The highest BCUT2D eigenvalue weighted by atomic mass is 16.2. The Morgan fingerprint density at radius 2 is 2.05 bits per heavy atom. The molecule has 1 heterocycles. The molecule has 1 aromatic heterocycles. The van der Waals surface area contributed by atoms with E-state index >= 15 is 0 Å². The average molecular weight is 256 g/mol. The van der Waals surface area contributed by atoms with Gasteiger partial charge in [0.05, 0.1) is 0 Å². The number of carbonyl (C=O) groups is 1. The van der Waals surface area contributed by atoms with E-state index in [-0.39, 0.29) is 11.6 Å². The number of nitrogens with two attached hydrogens (primary N) is 1. The quantitative estimate of drug-likeness (QED) is 0.912. The van der Waals surface area contributed by atoms with Gasteiger partial charge >= 0.3 is 0 Å². The number of rotatable bonds is 3. The van der Waals surface area contributed by atoms with Gasteiger partial charge in [0.25, 0.3) is 5.91 Å². The second-order valence-electron chi connectivity index (χ2n) is 4.23. The van der Waals surface area contributed by atoms with E-state index < -0.39 is 0 Å². The minimum absolute atomic E-state index is 0.180. The number of nitrogens with zero attached hydrogens (tertiary/aromatic N) is 3. The van der Waals surface area contributed by atoms with Gasteiger partial charge in [0.2, 0.25) is 0 Å². The topological polar surface area (TPSA) is 72.1 Å². The summed E-state index contributed by atoms with van der Waals surface area (Å²) in [6.07, 6.45) is 0. The second-order valence-corrected chi connectivity index (χ2v) is 4.23. The number of aryl methyl sites for hydroxylation is 1. The summed E-state index contributed by atoms with van der Waals surface area (Å²) in [4.78, 5) is 14.0. The Bertz CT molecular complexity index is 580. The Kier molecular flexibility index (Phi) is 3.75. The summed E-state index contributed by atoms with van der Waals surface area (Å²) < 4.78 is 0. The van der Waals surface area contributed by atoms with Crippen molar-refractivity contribution in [2.75, 3.05) is 17.2 Å². The van der Waals surface area contributed by atoms with Crippen molar-refractivity contribution in [3.8, 4) is 0 Å². The molecule has 0 fully saturated rings. The third-order valence-corrected chi connectivity index (χ3v) is 2.78. The molecule has 98 valence electrons. The van der Waals surface area contributed by atoms with Gasteiger partial charge in [-0.15, -0.1) is 10.2 Å². The summed E-state index contributed by atoms with van der Waals surface area (Å²) in [7, 11) is 0. The largest absolute Gasteiger partial charge is 0.382 e. The molecular formula is C14H16N4O. The monoisotopic (exact) mass is 256 g/mol. The molecule has 0 aliphatic rings. The number of amides is 1. The van der Waals surface area contributed by atoms with E-state index in [1.54, 1.807) is 17.0 Å². The smallest absolute Gasteiger partial charge is 0.278 e. The number of anilines is 2. The molecule has 1 aromatic carbocycles. The molecule has 0 saturated heterocycles. The molecule has 0 unspecified atom stereocenters. The lowest BCUT2D eigenvalue weighted by atomic mass is 10.2. The molecule has 5 heteroatoms. The zero-order valence-electron chi connectivity index (χ0n) is 11.0. The van der Waals surface area contributed by atoms with Crippen LogP contribution in [0.15, 0.2) is 36.4 Å². The average Bonchev–Trinajstić information content (AvgIpc) is 2.40. The van der Waals surface area contributed by atoms with Crippen LogP contribution in [-0.4, -0.2) is 22.6 Å². The summed E-state index contributed by atoms with van der Waals surface area (Å²) in [6, 6.07) is 10.9. The molecule has 2 N–H and O–H groups in total. The highest BCUT2D eigenvalue weighted by Crippen LogP contribution is 2.17. The van der Waals surface area contributed by atoms with E-state index in [9.17, 15) is 4.79 Å². The molecule has 0 atom stereocenters. The molecule has 5 nitrogen and oxygen atoms in total. The minimum atomic E-state index is -0.180. The van der Waals surface area contributed by atoms with Crippen LogP contribution in [0.4, 0.5) is 11.5 Å². The molecule has 0 saturated carbocycles. The van der Waals surface area contributed by atoms with Gasteiger partial charge in [-0.2, -0.15) is 0 Å². The Balaban J connectivity index is 2.31. The fraction of sp³-hybridized carbons (Fsp3) is 0.214. The standard InChI is InChI=1S/C14H16N4O/c1-3-18(11-6-4-5-10(2)9-11)14(19)12-7-8-13(15)17-16-12/h4-9H,3H2,1-2H3,(H2,15,17). The first-order valence-corrected chi connectivity index (χ1v) is 6.09. The summed E-state index contributed by atoms with van der Waals surface area (Å²) in [5.41, 5.74) is 7.71. The Labute approximate surface area is 112 Å². The number of benzene rings is 1. The van der Waals surface area contributed by atoms with Gasteiger partial charge in [-0.25, -0.2) is 0 Å². The van der Waals surface area contributed by atoms with Crippen LogP contribution in [0.3, 0.4) is 0 Å². The summed E-state index contributed by atoms with van der Waals surface area (Å²) in [5.74, 6) is 0.121. The highest BCUT2D eigenvalue weighted by molar-refractivity contribution is 6.04. The van der Waals surface area contributed by atoms with Crippen LogP contribution in [0.25, 0.3) is 0 Å². The van der Waals surface area contributed by atoms with Crippen LogP contribution in [-0.2, 0) is 0 Å². The lowest BCUT2D eigenvalue weighted by Crippen LogP contribution is -2.31. The predicted molar refractivity (Wildman–Crippen MR) is 75.0 cm³/mol. The van der Waals surface area contributed by atoms with Gasteiger partial charge in [-0.3, -0.25) is 4.79 Å². The summed E-state index contributed by atoms with van der Waals surface area (Å²) in [5, 5.41) is 7.54. The first-order valence-electron chi connectivity index (χ1n) is 6.09. The van der Waals surface area contributed by atoms with E-state index in [4.69, 9.17) is 5.73 Å². The van der Waals surface area contributed by atoms with E-state index in [0.29, 0.717) is 12.4 Å². The number of hydrogen-bond donors (Lipinski definition) is 1. The summed E-state index contributed by atoms with van der Waals surface area (Å²) >= 11 is 0. The van der Waals surface area contributed by atoms with Crippen LogP contribution in [0, 0.1) is 6.92 Å². The lowest BCUT2D eigenvalue weighted by molar-refractivity contribution is 0.0982. The van der Waals surface area contributed by atoms with Crippen LogP contribution in [0.1, 0.15) is 23.0 Å².